The molecule has 0 bridgehead atoms. The van der Waals surface area contributed by atoms with Crippen molar-refractivity contribution in [3.8, 4) is 0 Å². The summed E-state index contributed by atoms with van der Waals surface area (Å²) in [6.45, 7) is 3.54. The van der Waals surface area contributed by atoms with Crippen molar-refractivity contribution in [3.05, 3.63) is 35.9 Å². The van der Waals surface area contributed by atoms with Gasteiger partial charge in [0, 0.05) is 6.04 Å². The molecular weight excluding hydrogens is 218 g/mol. The van der Waals surface area contributed by atoms with Crippen LogP contribution in [0.25, 0.3) is 0 Å². The Hall–Kier alpha value is -0.820. The maximum absolute atomic E-state index is 3.84. The number of hydrogen-bond acceptors (Lipinski definition) is 1. The summed E-state index contributed by atoms with van der Waals surface area (Å²) in [6.07, 6.45) is 7.16. The van der Waals surface area contributed by atoms with Crippen molar-refractivity contribution in [3.63, 3.8) is 0 Å². The van der Waals surface area contributed by atoms with Crippen LogP contribution < -0.4 is 5.32 Å². The maximum atomic E-state index is 3.84. The molecule has 2 aliphatic rings. The number of rotatable bonds is 7. The van der Waals surface area contributed by atoms with Gasteiger partial charge in [-0.2, -0.15) is 0 Å². The molecule has 1 N–H and O–H groups in total. The maximum Gasteiger partial charge on any atom is 0.0124 e. The lowest BCUT2D eigenvalue weighted by atomic mass is 9.97. The fraction of sp³-hybridized carbons (Fsp3) is 0.647. The average Bonchev–Trinajstić information content (AvgIpc) is 3.29. The van der Waals surface area contributed by atoms with Gasteiger partial charge in [0.15, 0.2) is 0 Å². The predicted molar refractivity (Wildman–Crippen MR) is 76.7 cm³/mol. The van der Waals surface area contributed by atoms with E-state index in [1.54, 1.807) is 0 Å². The van der Waals surface area contributed by atoms with E-state index in [-0.39, 0.29) is 0 Å². The van der Waals surface area contributed by atoms with E-state index in [1.165, 1.54) is 44.2 Å². The Labute approximate surface area is 111 Å². The average molecular weight is 243 g/mol. The zero-order chi connectivity index (χ0) is 12.4. The second kappa shape index (κ2) is 5.44. The summed E-state index contributed by atoms with van der Waals surface area (Å²) < 4.78 is 0. The van der Waals surface area contributed by atoms with Crippen molar-refractivity contribution in [2.75, 3.05) is 6.54 Å². The Balaban J connectivity index is 1.43. The van der Waals surface area contributed by atoms with Gasteiger partial charge in [-0.1, -0.05) is 37.3 Å². The quantitative estimate of drug-likeness (QED) is 0.764. The number of nitrogens with one attached hydrogen (secondary N) is 1. The lowest BCUT2D eigenvalue weighted by molar-refractivity contribution is 0.407. The standard InChI is InChI=1S/C17H25N/c1-13(14-5-3-2-4-6-14)11-12-18-17(15-7-8-15)16-9-10-16/h2-6,13,15-18H,7-12H2,1H3. The molecule has 1 heteroatoms. The van der Waals surface area contributed by atoms with Crippen LogP contribution in [-0.2, 0) is 0 Å². The van der Waals surface area contributed by atoms with E-state index in [2.05, 4.69) is 42.6 Å². The second-order valence-corrected chi connectivity index (χ2v) is 6.26. The minimum atomic E-state index is 0.678. The highest BCUT2D eigenvalue weighted by Gasteiger charge is 2.40. The minimum Gasteiger partial charge on any atom is -0.313 e. The van der Waals surface area contributed by atoms with Crippen LogP contribution in [0.15, 0.2) is 30.3 Å². The molecule has 0 heterocycles. The van der Waals surface area contributed by atoms with Gasteiger partial charge in [0.25, 0.3) is 0 Å². The SMILES string of the molecule is CC(CCNC(C1CC1)C1CC1)c1ccccc1. The van der Waals surface area contributed by atoms with Crippen molar-refractivity contribution in [2.45, 2.75) is 51.0 Å². The van der Waals surface area contributed by atoms with Gasteiger partial charge >= 0.3 is 0 Å². The highest BCUT2D eigenvalue weighted by molar-refractivity contribution is 5.18. The first-order valence-electron chi connectivity index (χ1n) is 7.63. The van der Waals surface area contributed by atoms with Crippen molar-refractivity contribution >= 4 is 0 Å². The van der Waals surface area contributed by atoms with Crippen LogP contribution >= 0.6 is 0 Å². The smallest absolute Gasteiger partial charge is 0.0124 e. The monoisotopic (exact) mass is 243 g/mol. The first-order chi connectivity index (χ1) is 8.84. The van der Waals surface area contributed by atoms with Crippen molar-refractivity contribution in [2.24, 2.45) is 11.8 Å². The zero-order valence-electron chi connectivity index (χ0n) is 11.4. The fourth-order valence-corrected chi connectivity index (χ4v) is 3.04. The van der Waals surface area contributed by atoms with Crippen molar-refractivity contribution < 1.29 is 0 Å². The first kappa shape index (κ1) is 12.2. The van der Waals surface area contributed by atoms with E-state index < -0.39 is 0 Å². The van der Waals surface area contributed by atoms with E-state index in [4.69, 9.17) is 0 Å². The zero-order valence-corrected chi connectivity index (χ0v) is 11.4. The summed E-state index contributed by atoms with van der Waals surface area (Å²) in [7, 11) is 0. The normalized spacial score (nSPS) is 21.2. The Morgan fingerprint density at radius 2 is 1.67 bits per heavy atom. The molecule has 1 aromatic carbocycles. The van der Waals surface area contributed by atoms with Gasteiger partial charge in [-0.3, -0.25) is 0 Å². The van der Waals surface area contributed by atoms with Crippen LogP contribution in [0.1, 0.15) is 50.5 Å². The third kappa shape index (κ3) is 3.14. The lowest BCUT2D eigenvalue weighted by Crippen LogP contribution is -2.34. The molecule has 0 amide bonds. The van der Waals surface area contributed by atoms with E-state index in [0.717, 1.165) is 17.9 Å². The molecule has 0 aromatic heterocycles. The summed E-state index contributed by atoms with van der Waals surface area (Å²) in [5.74, 6) is 2.71. The summed E-state index contributed by atoms with van der Waals surface area (Å²) in [5.41, 5.74) is 1.48. The molecule has 0 radical (unpaired) electrons. The molecule has 2 saturated carbocycles. The highest BCUT2D eigenvalue weighted by atomic mass is 14.9. The van der Waals surface area contributed by atoms with Gasteiger partial charge in [0.2, 0.25) is 0 Å². The van der Waals surface area contributed by atoms with E-state index in [9.17, 15) is 0 Å². The van der Waals surface area contributed by atoms with Crippen LogP contribution in [0.5, 0.6) is 0 Å². The summed E-state index contributed by atoms with van der Waals surface area (Å²) in [4.78, 5) is 0. The lowest BCUT2D eigenvalue weighted by Gasteiger charge is -2.19. The molecule has 1 nitrogen and oxygen atoms in total. The third-order valence-corrected chi connectivity index (χ3v) is 4.59. The van der Waals surface area contributed by atoms with E-state index in [1.807, 2.05) is 0 Å². The minimum absolute atomic E-state index is 0.678. The molecule has 18 heavy (non-hydrogen) atoms. The van der Waals surface area contributed by atoms with Gasteiger partial charge in [-0.15, -0.1) is 0 Å². The second-order valence-electron chi connectivity index (χ2n) is 6.26. The fourth-order valence-electron chi connectivity index (χ4n) is 3.04. The molecule has 0 spiro atoms. The summed E-state index contributed by atoms with van der Waals surface area (Å²) in [6, 6.07) is 11.8. The van der Waals surface area contributed by atoms with E-state index >= 15 is 0 Å². The molecule has 0 aliphatic heterocycles. The van der Waals surface area contributed by atoms with Crippen LogP contribution in [0, 0.1) is 11.8 Å². The highest BCUT2D eigenvalue weighted by Crippen LogP contribution is 2.44. The van der Waals surface area contributed by atoms with Gasteiger partial charge in [-0.25, -0.2) is 0 Å². The predicted octanol–water partition coefficient (Wildman–Crippen LogP) is 3.96. The summed E-state index contributed by atoms with van der Waals surface area (Å²) in [5, 5.41) is 3.84. The Kier molecular flexibility index (Phi) is 3.69. The molecule has 3 rings (SSSR count). The first-order valence-corrected chi connectivity index (χ1v) is 7.63. The topological polar surface area (TPSA) is 12.0 Å². The van der Waals surface area contributed by atoms with Gasteiger partial charge < -0.3 is 5.32 Å². The van der Waals surface area contributed by atoms with Crippen LogP contribution in [-0.4, -0.2) is 12.6 Å². The van der Waals surface area contributed by atoms with Gasteiger partial charge in [-0.05, 0) is 62.0 Å². The largest absolute Gasteiger partial charge is 0.313 e. The van der Waals surface area contributed by atoms with Gasteiger partial charge in [0.1, 0.15) is 0 Å². The number of benzene rings is 1. The number of hydrogen-bond donors (Lipinski definition) is 1. The molecule has 1 unspecified atom stereocenters. The van der Waals surface area contributed by atoms with E-state index in [0.29, 0.717) is 5.92 Å². The van der Waals surface area contributed by atoms with Crippen molar-refractivity contribution in [1.29, 1.82) is 0 Å². The summed E-state index contributed by atoms with van der Waals surface area (Å²) >= 11 is 0. The molecule has 1 aromatic rings. The Morgan fingerprint density at radius 1 is 1.06 bits per heavy atom. The molecule has 2 aliphatic carbocycles. The molecular formula is C17H25N. The molecule has 1 atom stereocenters. The Bertz CT molecular complexity index is 352. The van der Waals surface area contributed by atoms with Crippen LogP contribution in [0.2, 0.25) is 0 Å². The third-order valence-electron chi connectivity index (χ3n) is 4.59. The molecule has 98 valence electrons. The molecule has 0 saturated heterocycles. The van der Waals surface area contributed by atoms with Crippen molar-refractivity contribution in [1.82, 2.24) is 5.32 Å². The molecule has 2 fully saturated rings. The Morgan fingerprint density at radius 3 is 2.22 bits per heavy atom. The van der Waals surface area contributed by atoms with Crippen LogP contribution in [0.3, 0.4) is 0 Å². The van der Waals surface area contributed by atoms with Crippen LogP contribution in [0.4, 0.5) is 0 Å². The van der Waals surface area contributed by atoms with Gasteiger partial charge in [0.05, 0.1) is 0 Å².